The summed E-state index contributed by atoms with van der Waals surface area (Å²) in [6.45, 7) is 3.06. The molecule has 108 valence electrons. The van der Waals surface area contributed by atoms with E-state index in [4.69, 9.17) is 0 Å². The Labute approximate surface area is 120 Å². The number of nitrogens with one attached hydrogen (secondary N) is 1. The van der Waals surface area contributed by atoms with Crippen LogP contribution in [-0.2, 0) is 11.2 Å². The predicted molar refractivity (Wildman–Crippen MR) is 82.4 cm³/mol. The maximum absolute atomic E-state index is 12.2. The van der Waals surface area contributed by atoms with Crippen molar-refractivity contribution in [2.24, 2.45) is 0 Å². The molecule has 0 radical (unpaired) electrons. The lowest BCUT2D eigenvalue weighted by Crippen LogP contribution is -2.34. The number of carbonyl (C=O) groups is 1. The largest absolute Gasteiger partial charge is 0.310 e. The average Bonchev–Trinajstić information content (AvgIpc) is 2.46. The molecule has 2 nitrogen and oxygen atoms in total. The summed E-state index contributed by atoms with van der Waals surface area (Å²) < 4.78 is 12.2. The van der Waals surface area contributed by atoms with Gasteiger partial charge in [0.05, 0.1) is 6.04 Å². The van der Waals surface area contributed by atoms with Gasteiger partial charge in [0.1, 0.15) is 12.5 Å². The van der Waals surface area contributed by atoms with Crippen LogP contribution in [0.25, 0.3) is 5.57 Å². The Morgan fingerprint density at radius 1 is 1.35 bits per heavy atom. The predicted octanol–water partition coefficient (Wildman–Crippen LogP) is 3.34. The van der Waals surface area contributed by atoms with Gasteiger partial charge in [-0.1, -0.05) is 42.5 Å². The van der Waals surface area contributed by atoms with Crippen molar-refractivity contribution in [2.75, 3.05) is 13.7 Å². The Bertz CT molecular complexity index is 488. The van der Waals surface area contributed by atoms with E-state index in [0.29, 0.717) is 6.42 Å². The fraction of sp³-hybridized carbons (Fsp3) is 0.353. The van der Waals surface area contributed by atoms with Crippen LogP contribution in [0.15, 0.2) is 42.5 Å². The molecule has 1 atom stereocenters. The highest BCUT2D eigenvalue weighted by Gasteiger charge is 2.11. The topological polar surface area (TPSA) is 29.1 Å². The van der Waals surface area contributed by atoms with Crippen LogP contribution in [0.4, 0.5) is 4.39 Å². The maximum atomic E-state index is 12.2. The molecule has 3 heteroatoms. The van der Waals surface area contributed by atoms with Gasteiger partial charge in [-0.3, -0.25) is 4.79 Å². The van der Waals surface area contributed by atoms with E-state index in [1.807, 2.05) is 37.3 Å². The van der Waals surface area contributed by atoms with E-state index in [1.165, 1.54) is 6.08 Å². The molecule has 0 saturated carbocycles. The second-order valence-corrected chi connectivity index (χ2v) is 4.65. The normalized spacial score (nSPS) is 13.7. The third-order valence-corrected chi connectivity index (χ3v) is 3.26. The van der Waals surface area contributed by atoms with Crippen LogP contribution < -0.4 is 5.32 Å². The van der Waals surface area contributed by atoms with Crippen LogP contribution in [0, 0.1) is 0 Å². The van der Waals surface area contributed by atoms with Crippen molar-refractivity contribution >= 4 is 11.4 Å². The van der Waals surface area contributed by atoms with Gasteiger partial charge in [-0.25, -0.2) is 4.39 Å². The van der Waals surface area contributed by atoms with Gasteiger partial charge in [0.25, 0.3) is 0 Å². The highest BCUT2D eigenvalue weighted by molar-refractivity contribution is 5.81. The summed E-state index contributed by atoms with van der Waals surface area (Å²) in [5.74, 6) is 0.136. The van der Waals surface area contributed by atoms with Crippen molar-refractivity contribution in [3.63, 3.8) is 0 Å². The number of ketones is 1. The lowest BCUT2D eigenvalue weighted by molar-refractivity contribution is -0.118. The maximum Gasteiger partial charge on any atom is 0.147 e. The van der Waals surface area contributed by atoms with Crippen LogP contribution >= 0.6 is 0 Å². The Morgan fingerprint density at radius 2 is 2.00 bits per heavy atom. The summed E-state index contributed by atoms with van der Waals surface area (Å²) in [6.07, 6.45) is 5.90. The van der Waals surface area contributed by atoms with E-state index in [2.05, 4.69) is 5.32 Å². The van der Waals surface area contributed by atoms with Crippen molar-refractivity contribution in [1.82, 2.24) is 5.32 Å². The molecule has 1 rings (SSSR count). The molecule has 0 heterocycles. The van der Waals surface area contributed by atoms with E-state index in [-0.39, 0.29) is 11.8 Å². The summed E-state index contributed by atoms with van der Waals surface area (Å²) in [5.41, 5.74) is 3.14. The first-order chi connectivity index (χ1) is 9.62. The van der Waals surface area contributed by atoms with Crippen LogP contribution in [0.2, 0.25) is 0 Å². The molecular weight excluding hydrogens is 253 g/mol. The number of allylic oxidation sites excluding steroid dienone is 4. The van der Waals surface area contributed by atoms with Crippen molar-refractivity contribution in [2.45, 2.75) is 26.3 Å². The first-order valence-electron chi connectivity index (χ1n) is 6.78. The van der Waals surface area contributed by atoms with Gasteiger partial charge in [0, 0.05) is 0 Å². The number of halogens is 1. The molecule has 1 aromatic rings. The van der Waals surface area contributed by atoms with Gasteiger partial charge >= 0.3 is 0 Å². The molecule has 0 amide bonds. The van der Waals surface area contributed by atoms with E-state index in [1.54, 1.807) is 20.0 Å². The number of likely N-dealkylation sites (N-methyl/N-ethyl adjacent to an activating group) is 1. The molecule has 0 spiro atoms. The lowest BCUT2D eigenvalue weighted by Gasteiger charge is -2.13. The van der Waals surface area contributed by atoms with Crippen molar-refractivity contribution in [3.05, 3.63) is 53.6 Å². The molecule has 0 aliphatic carbocycles. The van der Waals surface area contributed by atoms with E-state index < -0.39 is 6.67 Å². The number of benzene rings is 1. The van der Waals surface area contributed by atoms with E-state index in [9.17, 15) is 9.18 Å². The molecule has 0 aromatic heterocycles. The summed E-state index contributed by atoms with van der Waals surface area (Å²) in [7, 11) is 1.79. The zero-order valence-corrected chi connectivity index (χ0v) is 12.3. The average molecular weight is 275 g/mol. The number of alkyl halides is 1. The van der Waals surface area contributed by atoms with Gasteiger partial charge < -0.3 is 5.32 Å². The highest BCUT2D eigenvalue weighted by Crippen LogP contribution is 2.17. The Hall–Kier alpha value is -1.74. The fourth-order valence-electron chi connectivity index (χ4n) is 2.05. The molecule has 0 unspecified atom stereocenters. The highest BCUT2D eigenvalue weighted by atomic mass is 19.1. The van der Waals surface area contributed by atoms with Crippen molar-refractivity contribution in [3.8, 4) is 0 Å². The Morgan fingerprint density at radius 3 is 2.45 bits per heavy atom. The van der Waals surface area contributed by atoms with Crippen LogP contribution in [0.3, 0.4) is 0 Å². The van der Waals surface area contributed by atoms with Crippen molar-refractivity contribution < 1.29 is 9.18 Å². The number of hydrogen-bond donors (Lipinski definition) is 1. The third kappa shape index (κ3) is 4.74. The first-order valence-corrected chi connectivity index (χ1v) is 6.78. The minimum Gasteiger partial charge on any atom is -0.310 e. The van der Waals surface area contributed by atoms with Crippen LogP contribution in [0.5, 0.6) is 0 Å². The standard InChI is InChI=1S/C17H22FNO/c1-4-15(6-5-11-18)16-9-7-14(8-10-16)12-17(19-3)13(2)20/h4-10,17,19H,11-12H2,1-3H3/b6-5-,15-4+/t17-/m0/s1. The minimum absolute atomic E-state index is 0.136. The van der Waals surface area contributed by atoms with Gasteiger partial charge in [0.15, 0.2) is 0 Å². The van der Waals surface area contributed by atoms with E-state index in [0.717, 1.165) is 16.7 Å². The van der Waals surface area contributed by atoms with Gasteiger partial charge in [-0.05, 0) is 44.0 Å². The Kier molecular flexibility index (Phi) is 6.88. The summed E-state index contributed by atoms with van der Waals surface area (Å²) >= 11 is 0. The second-order valence-electron chi connectivity index (χ2n) is 4.65. The lowest BCUT2D eigenvalue weighted by atomic mass is 9.99. The van der Waals surface area contributed by atoms with Gasteiger partial charge in [-0.15, -0.1) is 0 Å². The molecule has 0 bridgehead atoms. The molecule has 0 saturated heterocycles. The number of rotatable bonds is 7. The summed E-state index contributed by atoms with van der Waals surface area (Å²) in [5, 5.41) is 3.01. The zero-order valence-electron chi connectivity index (χ0n) is 12.3. The fourth-order valence-corrected chi connectivity index (χ4v) is 2.05. The summed E-state index contributed by atoms with van der Waals surface area (Å²) in [4.78, 5) is 11.4. The van der Waals surface area contributed by atoms with Crippen LogP contribution in [-0.4, -0.2) is 25.5 Å². The number of carbonyl (C=O) groups excluding carboxylic acids is 1. The molecule has 0 aliphatic heterocycles. The quantitative estimate of drug-likeness (QED) is 0.773. The van der Waals surface area contributed by atoms with Crippen LogP contribution in [0.1, 0.15) is 25.0 Å². The third-order valence-electron chi connectivity index (χ3n) is 3.26. The minimum atomic E-state index is -0.460. The molecule has 1 aromatic carbocycles. The van der Waals surface area contributed by atoms with Gasteiger partial charge in [0.2, 0.25) is 0 Å². The molecule has 0 aliphatic rings. The second kappa shape index (κ2) is 8.43. The number of hydrogen-bond acceptors (Lipinski definition) is 2. The molecule has 20 heavy (non-hydrogen) atoms. The van der Waals surface area contributed by atoms with E-state index >= 15 is 0 Å². The monoisotopic (exact) mass is 275 g/mol. The SMILES string of the molecule is C/C=C(\C=C/CF)c1ccc(C[C@H](NC)C(C)=O)cc1. The van der Waals surface area contributed by atoms with Gasteiger partial charge in [-0.2, -0.15) is 0 Å². The molecular formula is C17H22FNO. The number of Topliss-reactive ketones (excluding diaryl/α,β-unsaturated/α-hetero) is 1. The smallest absolute Gasteiger partial charge is 0.147 e. The zero-order chi connectivity index (χ0) is 15.0. The van der Waals surface area contributed by atoms with Crippen molar-refractivity contribution in [1.29, 1.82) is 0 Å². The molecule has 0 fully saturated rings. The summed E-state index contributed by atoms with van der Waals surface area (Å²) in [6, 6.07) is 7.87. The first kappa shape index (κ1) is 16.3. The molecule has 1 N–H and O–H groups in total. The Balaban J connectivity index is 2.83.